The molecule has 0 aromatic heterocycles. The Morgan fingerprint density at radius 1 is 1.35 bits per heavy atom. The standard InChI is InChI=1S/C12H16NO7P.2Na/c1-9(20-21(16,17)18)11(14)7-13-12(15)19-8-10-5-3-2-4-6-10;;/h2-6,9H,7-8H2,1H3,(H,13,15)(H2,16,17,18);;/q;2*+1/p-2. The van der Waals surface area contributed by atoms with Crippen LogP contribution in [0.15, 0.2) is 35.3 Å². The zero-order valence-electron chi connectivity index (χ0n) is 13.2. The number of Topliss-reactive ketones (excluding diaryl/α,β-unsaturated/α-hetero) is 1. The molecular weight excluding hydrogens is 347 g/mol. The number of ether oxygens (including phenoxy) is 1. The first kappa shape index (κ1) is 25.5. The molecule has 1 rings (SSSR count). The Morgan fingerprint density at radius 2 is 1.91 bits per heavy atom. The van der Waals surface area contributed by atoms with E-state index in [2.05, 4.69) is 9.52 Å². The van der Waals surface area contributed by atoms with Crippen LogP contribution in [0.3, 0.4) is 0 Å². The molecule has 8 nitrogen and oxygen atoms in total. The fraction of sp³-hybridized carbons (Fsp3) is 0.333. The van der Waals surface area contributed by atoms with Crippen LogP contribution in [-0.4, -0.2) is 29.4 Å². The number of hydrogen-bond acceptors (Lipinski definition) is 7. The molecule has 1 N–H and O–H groups in total. The predicted molar refractivity (Wildman–Crippen MR) is 68.9 cm³/mol. The van der Waals surface area contributed by atoms with E-state index in [1.807, 2.05) is 6.07 Å². The van der Waals surface area contributed by atoms with Crippen molar-refractivity contribution in [3.63, 3.8) is 0 Å². The van der Waals surface area contributed by atoms with E-state index in [1.165, 1.54) is 0 Å². The van der Waals surface area contributed by atoms with E-state index in [4.69, 9.17) is 9.63 Å². The van der Waals surface area contributed by atoms with Gasteiger partial charge in [-0.05, 0) is 12.5 Å². The fourth-order valence-corrected chi connectivity index (χ4v) is 1.81. The van der Waals surface area contributed by atoms with Crippen LogP contribution in [0.5, 0.6) is 0 Å². The van der Waals surface area contributed by atoms with Crippen LogP contribution in [0.2, 0.25) is 0 Å². The largest absolute Gasteiger partial charge is 1.00 e. The van der Waals surface area contributed by atoms with Crippen molar-refractivity contribution in [2.45, 2.75) is 19.6 Å². The number of carbonyl (C=O) groups is 1. The van der Waals surface area contributed by atoms with Crippen LogP contribution < -0.4 is 69.1 Å². The number of aliphatic imine (C=N–C) groups is 1. The van der Waals surface area contributed by atoms with Crippen molar-refractivity contribution in [3.8, 4) is 0 Å². The third-order valence-electron chi connectivity index (χ3n) is 2.31. The van der Waals surface area contributed by atoms with Gasteiger partial charge in [-0.15, -0.1) is 0 Å². The Labute approximate surface area is 178 Å². The Bertz CT molecular complexity index is 550. The van der Waals surface area contributed by atoms with E-state index in [9.17, 15) is 19.4 Å². The molecule has 11 heteroatoms. The van der Waals surface area contributed by atoms with Crippen molar-refractivity contribution in [2.24, 2.45) is 4.99 Å². The van der Waals surface area contributed by atoms with Gasteiger partial charge in [0.1, 0.15) is 18.7 Å². The second kappa shape index (κ2) is 12.6. The minimum Gasteiger partial charge on any atom is -0.756 e. The van der Waals surface area contributed by atoms with Crippen molar-refractivity contribution < 1.29 is 92.6 Å². The average molecular weight is 361 g/mol. The molecule has 0 bridgehead atoms. The fourth-order valence-electron chi connectivity index (χ4n) is 1.29. The Balaban J connectivity index is 0. The smallest absolute Gasteiger partial charge is 0.756 e. The summed E-state index contributed by atoms with van der Waals surface area (Å²) >= 11 is 0. The summed E-state index contributed by atoms with van der Waals surface area (Å²) in [6.07, 6.45) is -2.38. The molecule has 2 unspecified atom stereocenters. The number of phosphoric acid groups is 1. The van der Waals surface area contributed by atoms with E-state index >= 15 is 0 Å². The summed E-state index contributed by atoms with van der Waals surface area (Å²) in [5, 5.41) is 11.3. The van der Waals surface area contributed by atoms with Crippen LogP contribution in [0.4, 0.5) is 0 Å². The molecule has 0 amide bonds. The van der Waals surface area contributed by atoms with Crippen molar-refractivity contribution in [1.29, 1.82) is 0 Å². The maximum absolute atomic E-state index is 11.4. The first-order valence-electron chi connectivity index (χ1n) is 5.91. The van der Waals surface area contributed by atoms with Crippen LogP contribution in [0, 0.1) is 0 Å². The molecule has 0 spiro atoms. The second-order valence-corrected chi connectivity index (χ2v) is 5.19. The first-order valence-corrected chi connectivity index (χ1v) is 7.40. The first-order chi connectivity index (χ1) is 9.78. The zero-order valence-corrected chi connectivity index (χ0v) is 18.1. The van der Waals surface area contributed by atoms with Crippen LogP contribution in [0.25, 0.3) is 0 Å². The number of carbonyl (C=O) groups excluding carboxylic acids is 1. The quantitative estimate of drug-likeness (QED) is 0.221. The molecule has 0 aliphatic rings. The molecular formula is C12H14NNa2O7P. The molecule has 0 saturated carbocycles. The van der Waals surface area contributed by atoms with Gasteiger partial charge in [-0.2, -0.15) is 0 Å². The Hall–Kier alpha value is 0.270. The minimum atomic E-state index is -5.00. The predicted octanol–water partition coefficient (Wildman–Crippen LogP) is -6.64. The maximum atomic E-state index is 11.4. The van der Waals surface area contributed by atoms with Crippen molar-refractivity contribution in [3.05, 3.63) is 35.9 Å². The number of ketones is 1. The van der Waals surface area contributed by atoms with Crippen LogP contribution in [0.1, 0.15) is 12.5 Å². The van der Waals surface area contributed by atoms with Gasteiger partial charge < -0.3 is 24.2 Å². The van der Waals surface area contributed by atoms with E-state index in [0.29, 0.717) is 0 Å². The molecule has 23 heavy (non-hydrogen) atoms. The molecule has 2 atom stereocenters. The van der Waals surface area contributed by atoms with Gasteiger partial charge in [0.2, 0.25) is 0 Å². The van der Waals surface area contributed by atoms with E-state index in [1.54, 1.807) is 24.3 Å². The number of hydrogen-bond donors (Lipinski definition) is 1. The third-order valence-corrected chi connectivity index (χ3v) is 2.90. The van der Waals surface area contributed by atoms with Gasteiger partial charge in [0.05, 0.1) is 0 Å². The summed E-state index contributed by atoms with van der Waals surface area (Å²) in [4.78, 5) is 33.6. The van der Waals surface area contributed by atoms with E-state index < -0.39 is 32.3 Å². The van der Waals surface area contributed by atoms with Crippen LogP contribution in [-0.2, 0) is 25.2 Å². The molecule has 0 heterocycles. The topological polar surface area (TPSA) is 131 Å². The zero-order chi connectivity index (χ0) is 15.9. The molecule has 116 valence electrons. The molecule has 0 radical (unpaired) electrons. The summed E-state index contributed by atoms with van der Waals surface area (Å²) in [5.74, 6) is -0.781. The number of nitrogens with zero attached hydrogens (tertiary/aromatic N) is 1. The summed E-state index contributed by atoms with van der Waals surface area (Å²) in [6.45, 7) is 0.526. The van der Waals surface area contributed by atoms with Crippen molar-refractivity contribution in [1.82, 2.24) is 0 Å². The monoisotopic (exact) mass is 361 g/mol. The van der Waals surface area contributed by atoms with Crippen molar-refractivity contribution >= 4 is 19.7 Å². The van der Waals surface area contributed by atoms with Gasteiger partial charge in [-0.1, -0.05) is 30.3 Å². The summed E-state index contributed by atoms with van der Waals surface area (Å²) in [5.41, 5.74) is 0.761. The normalized spacial score (nSPS) is 14.7. The van der Waals surface area contributed by atoms with Crippen LogP contribution >= 0.6 is 7.82 Å². The van der Waals surface area contributed by atoms with Gasteiger partial charge >= 0.3 is 59.1 Å². The number of benzene rings is 1. The van der Waals surface area contributed by atoms with Gasteiger partial charge in [0.25, 0.3) is 7.82 Å². The van der Waals surface area contributed by atoms with E-state index in [0.717, 1.165) is 12.5 Å². The molecule has 0 aliphatic heterocycles. The van der Waals surface area contributed by atoms with Gasteiger partial charge in [0, 0.05) is 6.61 Å². The SMILES string of the molecule is CC(OP(=O)([O-])O)C(=O)CN=C([O-])OCc1ccccc1.[Na+].[Na+]. The second-order valence-electron chi connectivity index (χ2n) is 4.04. The van der Waals surface area contributed by atoms with E-state index in [-0.39, 0.29) is 65.7 Å². The summed E-state index contributed by atoms with van der Waals surface area (Å²) < 4.78 is 19.3. The van der Waals surface area contributed by atoms with Crippen molar-refractivity contribution in [2.75, 3.05) is 6.54 Å². The molecule has 0 aliphatic carbocycles. The van der Waals surface area contributed by atoms with Gasteiger partial charge in [0.15, 0.2) is 5.78 Å². The number of phosphoric ester groups is 1. The number of rotatable bonds is 7. The summed E-state index contributed by atoms with van der Waals surface area (Å²) in [6, 6.07) is 8.87. The van der Waals surface area contributed by atoms with Gasteiger partial charge in [-0.3, -0.25) is 14.4 Å². The maximum Gasteiger partial charge on any atom is 1.00 e. The molecule has 1 aromatic carbocycles. The molecule has 1 aromatic rings. The Kier molecular flexibility index (Phi) is 14.0. The Morgan fingerprint density at radius 3 is 2.43 bits per heavy atom. The third kappa shape index (κ3) is 12.3. The molecule has 0 saturated heterocycles. The minimum absolute atomic E-state index is 0. The molecule has 0 fully saturated rings. The average Bonchev–Trinajstić information content (AvgIpc) is 2.41. The summed E-state index contributed by atoms with van der Waals surface area (Å²) in [7, 11) is -5.00. The van der Waals surface area contributed by atoms with Gasteiger partial charge in [-0.25, -0.2) is 0 Å².